The number of hydrogen-bond donors (Lipinski definition) is 2. The van der Waals surface area contributed by atoms with E-state index in [0.29, 0.717) is 30.2 Å². The average molecular weight is 526 g/mol. The van der Waals surface area contributed by atoms with Crippen molar-refractivity contribution < 1.29 is 18.3 Å². The lowest BCUT2D eigenvalue weighted by molar-refractivity contribution is 0.00752. The number of hydrogen-bond acceptors (Lipinski definition) is 4. The SMILES string of the molecule is CN=C(NCc1cccc(OCC(F)F)c1)NCC(C(C)C)N1CCOCC1.I. The predicted molar refractivity (Wildman–Crippen MR) is 123 cm³/mol. The first-order chi connectivity index (χ1) is 13.5. The number of rotatable bonds is 9. The second-order valence-electron chi connectivity index (χ2n) is 7.12. The fraction of sp³-hybridized carbons (Fsp3) is 0.650. The van der Waals surface area contributed by atoms with Crippen LogP contribution in [0, 0.1) is 5.92 Å². The van der Waals surface area contributed by atoms with Crippen molar-refractivity contribution in [3.63, 3.8) is 0 Å². The van der Waals surface area contributed by atoms with Crippen LogP contribution < -0.4 is 15.4 Å². The highest BCUT2D eigenvalue weighted by molar-refractivity contribution is 14.0. The van der Waals surface area contributed by atoms with E-state index in [1.165, 1.54) is 0 Å². The van der Waals surface area contributed by atoms with E-state index in [0.717, 1.165) is 38.4 Å². The van der Waals surface area contributed by atoms with Crippen LogP contribution in [0.2, 0.25) is 0 Å². The Balaban J connectivity index is 0.00000420. The van der Waals surface area contributed by atoms with Crippen molar-refractivity contribution in [2.24, 2.45) is 10.9 Å². The van der Waals surface area contributed by atoms with Crippen molar-refractivity contribution in [1.82, 2.24) is 15.5 Å². The third kappa shape index (κ3) is 9.43. The van der Waals surface area contributed by atoms with Crippen LogP contribution in [-0.4, -0.2) is 69.8 Å². The number of aliphatic imine (C=N–C) groups is 1. The molecular formula is C20H33F2IN4O2. The first-order valence-electron chi connectivity index (χ1n) is 9.75. The Hall–Kier alpha value is -1.20. The lowest BCUT2D eigenvalue weighted by Gasteiger charge is -2.37. The lowest BCUT2D eigenvalue weighted by Crippen LogP contribution is -2.52. The fourth-order valence-electron chi connectivity index (χ4n) is 3.21. The molecule has 0 spiro atoms. The van der Waals surface area contributed by atoms with Crippen molar-refractivity contribution in [2.75, 3.05) is 46.5 Å². The first-order valence-corrected chi connectivity index (χ1v) is 9.75. The molecule has 0 bridgehead atoms. The van der Waals surface area contributed by atoms with Gasteiger partial charge in [0, 0.05) is 39.3 Å². The summed E-state index contributed by atoms with van der Waals surface area (Å²) in [4.78, 5) is 6.74. The molecule has 1 aliphatic heterocycles. The van der Waals surface area contributed by atoms with Gasteiger partial charge in [-0.15, -0.1) is 24.0 Å². The molecule has 0 amide bonds. The third-order valence-corrected chi connectivity index (χ3v) is 4.72. The minimum absolute atomic E-state index is 0. The summed E-state index contributed by atoms with van der Waals surface area (Å²) in [5.41, 5.74) is 0.934. The Morgan fingerprint density at radius 1 is 1.24 bits per heavy atom. The number of guanidine groups is 1. The summed E-state index contributed by atoms with van der Waals surface area (Å²) in [6.07, 6.45) is -2.48. The summed E-state index contributed by atoms with van der Waals surface area (Å²) in [5, 5.41) is 6.67. The van der Waals surface area contributed by atoms with Crippen LogP contribution in [0.1, 0.15) is 19.4 Å². The minimum atomic E-state index is -2.48. The molecule has 29 heavy (non-hydrogen) atoms. The van der Waals surface area contributed by atoms with Crippen LogP contribution in [-0.2, 0) is 11.3 Å². The molecule has 1 saturated heterocycles. The van der Waals surface area contributed by atoms with Gasteiger partial charge >= 0.3 is 0 Å². The molecule has 1 heterocycles. The zero-order valence-corrected chi connectivity index (χ0v) is 19.7. The van der Waals surface area contributed by atoms with Gasteiger partial charge in [0.2, 0.25) is 0 Å². The number of alkyl halides is 2. The molecule has 1 aliphatic rings. The van der Waals surface area contributed by atoms with Crippen LogP contribution in [0.25, 0.3) is 0 Å². The zero-order chi connectivity index (χ0) is 20.4. The summed E-state index contributed by atoms with van der Waals surface area (Å²) in [6, 6.07) is 7.54. The minimum Gasteiger partial charge on any atom is -0.488 e. The molecule has 0 aromatic heterocycles. The predicted octanol–water partition coefficient (Wildman–Crippen LogP) is 2.97. The largest absolute Gasteiger partial charge is 0.488 e. The quantitative estimate of drug-likeness (QED) is 0.295. The average Bonchev–Trinajstić information content (AvgIpc) is 2.69. The molecule has 0 aliphatic carbocycles. The summed E-state index contributed by atoms with van der Waals surface area (Å²) < 4.78 is 35.1. The van der Waals surface area contributed by atoms with E-state index in [9.17, 15) is 8.78 Å². The monoisotopic (exact) mass is 526 g/mol. The lowest BCUT2D eigenvalue weighted by atomic mass is 10.0. The van der Waals surface area contributed by atoms with Gasteiger partial charge in [-0.2, -0.15) is 0 Å². The molecule has 1 aromatic carbocycles. The Morgan fingerprint density at radius 3 is 2.59 bits per heavy atom. The fourth-order valence-corrected chi connectivity index (χ4v) is 3.21. The van der Waals surface area contributed by atoms with Crippen LogP contribution in [0.3, 0.4) is 0 Å². The number of morpholine rings is 1. The van der Waals surface area contributed by atoms with Crippen molar-refractivity contribution in [1.29, 1.82) is 0 Å². The topological polar surface area (TPSA) is 58.1 Å². The van der Waals surface area contributed by atoms with Gasteiger partial charge in [-0.25, -0.2) is 8.78 Å². The maximum atomic E-state index is 12.3. The molecule has 9 heteroatoms. The van der Waals surface area contributed by atoms with Gasteiger partial charge in [0.05, 0.1) is 13.2 Å². The van der Waals surface area contributed by atoms with Crippen LogP contribution in [0.15, 0.2) is 29.3 Å². The van der Waals surface area contributed by atoms with Gasteiger partial charge in [0.15, 0.2) is 5.96 Å². The van der Waals surface area contributed by atoms with Crippen molar-refractivity contribution in [3.8, 4) is 5.75 Å². The molecule has 166 valence electrons. The highest BCUT2D eigenvalue weighted by Crippen LogP contribution is 2.14. The van der Waals surface area contributed by atoms with Gasteiger partial charge in [0.1, 0.15) is 12.4 Å². The van der Waals surface area contributed by atoms with Gasteiger partial charge in [-0.1, -0.05) is 26.0 Å². The smallest absolute Gasteiger partial charge is 0.272 e. The summed E-state index contributed by atoms with van der Waals surface area (Å²) >= 11 is 0. The summed E-state index contributed by atoms with van der Waals surface area (Å²) in [6.45, 7) is 8.61. The van der Waals surface area contributed by atoms with Gasteiger partial charge in [-0.05, 0) is 23.6 Å². The normalized spacial score (nSPS) is 16.4. The second kappa shape index (κ2) is 13.9. The van der Waals surface area contributed by atoms with E-state index >= 15 is 0 Å². The summed E-state index contributed by atoms with van der Waals surface area (Å²) in [5.74, 6) is 1.65. The van der Waals surface area contributed by atoms with Gasteiger partial charge in [0.25, 0.3) is 6.43 Å². The highest BCUT2D eigenvalue weighted by Gasteiger charge is 2.23. The molecular weight excluding hydrogens is 493 g/mol. The molecule has 0 saturated carbocycles. The zero-order valence-electron chi connectivity index (χ0n) is 17.4. The first kappa shape index (κ1) is 25.8. The Kier molecular flexibility index (Phi) is 12.4. The van der Waals surface area contributed by atoms with Crippen molar-refractivity contribution in [2.45, 2.75) is 32.9 Å². The van der Waals surface area contributed by atoms with Crippen molar-refractivity contribution >= 4 is 29.9 Å². The molecule has 2 N–H and O–H groups in total. The second-order valence-corrected chi connectivity index (χ2v) is 7.12. The maximum absolute atomic E-state index is 12.3. The van der Waals surface area contributed by atoms with Crippen LogP contribution in [0.5, 0.6) is 5.75 Å². The number of benzene rings is 1. The van der Waals surface area contributed by atoms with Crippen LogP contribution in [0.4, 0.5) is 8.78 Å². The van der Waals surface area contributed by atoms with Gasteiger partial charge < -0.3 is 20.1 Å². The van der Waals surface area contributed by atoms with E-state index < -0.39 is 13.0 Å². The molecule has 6 nitrogen and oxygen atoms in total. The summed E-state index contributed by atoms with van der Waals surface area (Å²) in [7, 11) is 1.73. The standard InChI is InChI=1S/C20H32F2N4O2.HI/c1-15(2)18(26-7-9-27-10-8-26)13-25-20(23-3)24-12-16-5-4-6-17(11-16)28-14-19(21)22;/h4-6,11,15,18-19H,7-10,12-14H2,1-3H3,(H2,23,24,25);1H. The molecule has 0 radical (unpaired) electrons. The van der Waals surface area contributed by atoms with E-state index in [4.69, 9.17) is 9.47 Å². The molecule has 1 unspecified atom stereocenters. The number of nitrogens with one attached hydrogen (secondary N) is 2. The Morgan fingerprint density at radius 2 is 1.97 bits per heavy atom. The Bertz CT molecular complexity index is 614. The van der Waals surface area contributed by atoms with E-state index in [1.807, 2.05) is 6.07 Å². The van der Waals surface area contributed by atoms with Gasteiger partial charge in [-0.3, -0.25) is 9.89 Å². The molecule has 1 aromatic rings. The highest BCUT2D eigenvalue weighted by atomic mass is 127. The number of halogens is 3. The van der Waals surface area contributed by atoms with E-state index in [-0.39, 0.29) is 24.0 Å². The van der Waals surface area contributed by atoms with E-state index in [1.54, 1.807) is 25.2 Å². The number of ether oxygens (including phenoxy) is 2. The Labute approximate surface area is 189 Å². The van der Waals surface area contributed by atoms with Crippen LogP contribution >= 0.6 is 24.0 Å². The van der Waals surface area contributed by atoms with Crippen molar-refractivity contribution in [3.05, 3.63) is 29.8 Å². The molecule has 1 fully saturated rings. The van der Waals surface area contributed by atoms with E-state index in [2.05, 4.69) is 34.4 Å². The third-order valence-electron chi connectivity index (χ3n) is 4.72. The maximum Gasteiger partial charge on any atom is 0.272 e. The molecule has 2 rings (SSSR count). The molecule has 1 atom stereocenters. The number of nitrogens with zero attached hydrogens (tertiary/aromatic N) is 2.